The molecule has 2 N–H and O–H groups in total. The van der Waals surface area contributed by atoms with Crippen LogP contribution in [0.5, 0.6) is 0 Å². The van der Waals surface area contributed by atoms with Gasteiger partial charge in [0.25, 0.3) is 11.8 Å². The Morgan fingerprint density at radius 1 is 1.11 bits per heavy atom. The highest BCUT2D eigenvalue weighted by Crippen LogP contribution is 2.32. The van der Waals surface area contributed by atoms with E-state index in [9.17, 15) is 19.2 Å². The van der Waals surface area contributed by atoms with Gasteiger partial charge in [0.05, 0.1) is 0 Å². The molecule has 2 heterocycles. The lowest BCUT2D eigenvalue weighted by atomic mass is 10.0. The Kier molecular flexibility index (Phi) is 4.43. The molecule has 0 aliphatic carbocycles. The monoisotopic (exact) mass is 377 g/mol. The highest BCUT2D eigenvalue weighted by Gasteiger charge is 2.39. The molecule has 1 fully saturated rings. The molecule has 28 heavy (non-hydrogen) atoms. The van der Waals surface area contributed by atoms with Crippen LogP contribution in [0.25, 0.3) is 0 Å². The zero-order chi connectivity index (χ0) is 19.8. The van der Waals surface area contributed by atoms with E-state index in [-0.39, 0.29) is 30.7 Å². The summed E-state index contributed by atoms with van der Waals surface area (Å²) in [7, 11) is 0. The van der Waals surface area contributed by atoms with Gasteiger partial charge in [-0.05, 0) is 37.6 Å². The molecule has 142 valence electrons. The Balaban J connectivity index is 1.57. The van der Waals surface area contributed by atoms with Gasteiger partial charge in [-0.1, -0.05) is 23.8 Å². The maximum Gasteiger partial charge on any atom is 0.255 e. The van der Waals surface area contributed by atoms with E-state index < -0.39 is 11.9 Å². The second-order valence-electron chi connectivity index (χ2n) is 7.05. The van der Waals surface area contributed by atoms with Gasteiger partial charge >= 0.3 is 0 Å². The van der Waals surface area contributed by atoms with Crippen LogP contribution in [0.4, 0.5) is 5.69 Å². The van der Waals surface area contributed by atoms with E-state index in [4.69, 9.17) is 0 Å². The van der Waals surface area contributed by atoms with Gasteiger partial charge in [-0.15, -0.1) is 0 Å². The van der Waals surface area contributed by atoms with Gasteiger partial charge in [-0.2, -0.15) is 0 Å². The number of aryl methyl sites for hydroxylation is 1. The number of benzene rings is 2. The maximum absolute atomic E-state index is 12.8. The van der Waals surface area contributed by atoms with Crippen molar-refractivity contribution >= 4 is 29.3 Å². The third-order valence-electron chi connectivity index (χ3n) is 5.14. The molecule has 1 saturated heterocycles. The van der Waals surface area contributed by atoms with Crippen LogP contribution in [0.1, 0.15) is 44.7 Å². The lowest BCUT2D eigenvalue weighted by Crippen LogP contribution is -2.52. The molecule has 0 aromatic heterocycles. The van der Waals surface area contributed by atoms with Crippen molar-refractivity contribution in [2.24, 2.45) is 0 Å². The number of piperidine rings is 1. The Morgan fingerprint density at radius 2 is 1.86 bits per heavy atom. The predicted molar refractivity (Wildman–Crippen MR) is 102 cm³/mol. The molecule has 0 spiro atoms. The average Bonchev–Trinajstić information content (AvgIpc) is 3.00. The number of nitrogens with one attached hydrogen (secondary N) is 2. The van der Waals surface area contributed by atoms with E-state index >= 15 is 0 Å². The zero-order valence-corrected chi connectivity index (χ0v) is 15.3. The molecule has 2 aliphatic heterocycles. The molecule has 2 aromatic rings. The van der Waals surface area contributed by atoms with Crippen molar-refractivity contribution in [2.75, 3.05) is 5.32 Å². The number of carbonyl (C=O) groups excluding carboxylic acids is 4. The molecule has 4 rings (SSSR count). The van der Waals surface area contributed by atoms with Crippen LogP contribution in [-0.4, -0.2) is 34.6 Å². The third kappa shape index (κ3) is 3.15. The van der Waals surface area contributed by atoms with Crippen molar-refractivity contribution in [3.8, 4) is 0 Å². The summed E-state index contributed by atoms with van der Waals surface area (Å²) >= 11 is 0. The number of imide groups is 1. The molecule has 2 aliphatic rings. The zero-order valence-electron chi connectivity index (χ0n) is 15.3. The summed E-state index contributed by atoms with van der Waals surface area (Å²) in [5.74, 6) is -1.31. The van der Waals surface area contributed by atoms with Gasteiger partial charge in [0, 0.05) is 35.3 Å². The smallest absolute Gasteiger partial charge is 0.255 e. The van der Waals surface area contributed by atoms with Crippen LogP contribution < -0.4 is 10.6 Å². The summed E-state index contributed by atoms with van der Waals surface area (Å²) in [6.45, 7) is 2.16. The molecule has 1 unspecified atom stereocenters. The second kappa shape index (κ2) is 6.92. The van der Waals surface area contributed by atoms with Crippen molar-refractivity contribution < 1.29 is 19.2 Å². The fourth-order valence-corrected chi connectivity index (χ4v) is 3.60. The van der Waals surface area contributed by atoms with Crippen LogP contribution in [0, 0.1) is 6.92 Å². The third-order valence-corrected chi connectivity index (χ3v) is 5.14. The number of hydrogen-bond acceptors (Lipinski definition) is 4. The average molecular weight is 377 g/mol. The maximum atomic E-state index is 12.8. The van der Waals surface area contributed by atoms with Crippen LogP contribution >= 0.6 is 0 Å². The number of rotatable bonds is 3. The molecule has 0 saturated carbocycles. The number of carbonyl (C=O) groups is 4. The fourth-order valence-electron chi connectivity index (χ4n) is 3.60. The van der Waals surface area contributed by atoms with Gasteiger partial charge in [0.2, 0.25) is 11.8 Å². The first-order valence-electron chi connectivity index (χ1n) is 9.08. The van der Waals surface area contributed by atoms with E-state index in [1.165, 1.54) is 4.90 Å². The predicted octanol–water partition coefficient (Wildman–Crippen LogP) is 2.01. The summed E-state index contributed by atoms with van der Waals surface area (Å²) in [6.07, 6.45) is 0.503. The van der Waals surface area contributed by atoms with Crippen LogP contribution in [0.3, 0.4) is 0 Å². The lowest BCUT2D eigenvalue weighted by Gasteiger charge is -2.29. The van der Waals surface area contributed by atoms with Crippen molar-refractivity contribution in [1.82, 2.24) is 10.2 Å². The molecule has 0 bridgehead atoms. The van der Waals surface area contributed by atoms with E-state index in [2.05, 4.69) is 10.6 Å². The first kappa shape index (κ1) is 17.9. The van der Waals surface area contributed by atoms with E-state index in [0.717, 1.165) is 5.56 Å². The Bertz CT molecular complexity index is 997. The molecular formula is C21H19N3O4. The van der Waals surface area contributed by atoms with Gasteiger partial charge in [0.15, 0.2) is 0 Å². The van der Waals surface area contributed by atoms with Crippen molar-refractivity contribution in [3.05, 3.63) is 64.7 Å². The molecule has 7 nitrogen and oxygen atoms in total. The number of hydrogen-bond donors (Lipinski definition) is 2. The quantitative estimate of drug-likeness (QED) is 0.800. The standard InChI is InChI=1S/C21H19N3O4/c1-12-5-7-13(8-6-12)19(26)22-16-4-2-3-14-15(16)11-24(21(14)28)17-9-10-18(25)23-20(17)27/h2-8,17H,9-11H2,1H3,(H,22,26)(H,23,25,27). The largest absolute Gasteiger partial charge is 0.322 e. The summed E-state index contributed by atoms with van der Waals surface area (Å²) in [5.41, 5.74) is 3.27. The number of anilines is 1. The highest BCUT2D eigenvalue weighted by molar-refractivity contribution is 6.08. The Hall–Kier alpha value is -3.48. The second-order valence-corrected chi connectivity index (χ2v) is 7.05. The normalized spacial score (nSPS) is 18.7. The van der Waals surface area contributed by atoms with Crippen molar-refractivity contribution in [2.45, 2.75) is 32.4 Å². The number of amides is 4. The Labute approximate surface area is 161 Å². The number of nitrogens with zero attached hydrogens (tertiary/aromatic N) is 1. The van der Waals surface area contributed by atoms with E-state index in [1.807, 2.05) is 19.1 Å². The molecule has 1 atom stereocenters. The fraction of sp³-hybridized carbons (Fsp3) is 0.238. The first-order valence-corrected chi connectivity index (χ1v) is 9.08. The Morgan fingerprint density at radius 3 is 2.57 bits per heavy atom. The molecular weight excluding hydrogens is 358 g/mol. The van der Waals surface area contributed by atoms with E-state index in [1.54, 1.807) is 30.3 Å². The summed E-state index contributed by atoms with van der Waals surface area (Å²) in [5, 5.41) is 5.15. The summed E-state index contributed by atoms with van der Waals surface area (Å²) in [4.78, 5) is 50.4. The van der Waals surface area contributed by atoms with Crippen LogP contribution in [0.2, 0.25) is 0 Å². The summed E-state index contributed by atoms with van der Waals surface area (Å²) < 4.78 is 0. The van der Waals surface area contributed by atoms with Gasteiger partial charge < -0.3 is 10.2 Å². The van der Waals surface area contributed by atoms with Crippen LogP contribution in [0.15, 0.2) is 42.5 Å². The molecule has 4 amide bonds. The molecule has 0 radical (unpaired) electrons. The SMILES string of the molecule is Cc1ccc(C(=O)Nc2cccc3c2CN(C2CCC(=O)NC2=O)C3=O)cc1. The van der Waals surface area contributed by atoms with Gasteiger partial charge in [-0.3, -0.25) is 24.5 Å². The van der Waals surface area contributed by atoms with Gasteiger partial charge in [-0.25, -0.2) is 0 Å². The van der Waals surface area contributed by atoms with Gasteiger partial charge in [0.1, 0.15) is 6.04 Å². The number of fused-ring (bicyclic) bond motifs is 1. The highest BCUT2D eigenvalue weighted by atomic mass is 16.2. The lowest BCUT2D eigenvalue weighted by molar-refractivity contribution is -0.136. The topological polar surface area (TPSA) is 95.6 Å². The minimum atomic E-state index is -0.682. The summed E-state index contributed by atoms with van der Waals surface area (Å²) in [6, 6.07) is 11.7. The van der Waals surface area contributed by atoms with Crippen molar-refractivity contribution in [3.63, 3.8) is 0 Å². The minimum Gasteiger partial charge on any atom is -0.322 e. The van der Waals surface area contributed by atoms with Crippen LogP contribution in [-0.2, 0) is 16.1 Å². The molecule has 7 heteroatoms. The first-order chi connectivity index (χ1) is 13.4. The molecule has 2 aromatic carbocycles. The minimum absolute atomic E-state index is 0.202. The van der Waals surface area contributed by atoms with Crippen molar-refractivity contribution in [1.29, 1.82) is 0 Å². The van der Waals surface area contributed by atoms with E-state index in [0.29, 0.717) is 28.8 Å².